The highest BCUT2D eigenvalue weighted by molar-refractivity contribution is 5.95. The summed E-state index contributed by atoms with van der Waals surface area (Å²) in [7, 11) is 0. The van der Waals surface area contributed by atoms with Gasteiger partial charge in [0.25, 0.3) is 0 Å². The van der Waals surface area contributed by atoms with E-state index in [-0.39, 0.29) is 18.1 Å². The third kappa shape index (κ3) is 1.14. The molecule has 0 saturated heterocycles. The summed E-state index contributed by atoms with van der Waals surface area (Å²) >= 11 is 0. The van der Waals surface area contributed by atoms with E-state index in [1.165, 1.54) is 0 Å². The van der Waals surface area contributed by atoms with Crippen LogP contribution in [0.2, 0.25) is 0 Å². The van der Waals surface area contributed by atoms with Crippen LogP contribution in [0.3, 0.4) is 0 Å². The molecule has 4 atom stereocenters. The SMILES string of the molecule is CC1(C)C2CC(=O)C1C(C(=O)O)C2C(=O)O. The normalized spacial score (nSPS) is 40.0. The lowest BCUT2D eigenvalue weighted by molar-refractivity contribution is -0.158. The number of carboxylic acids is 2. The van der Waals surface area contributed by atoms with Crippen LogP contribution in [0.1, 0.15) is 20.3 Å². The lowest BCUT2D eigenvalue weighted by atomic mass is 9.79. The average Bonchev–Trinajstić information content (AvgIpc) is 2.48. The predicted octanol–water partition coefficient (Wildman–Crippen LogP) is 0.633. The highest BCUT2D eigenvalue weighted by atomic mass is 16.4. The van der Waals surface area contributed by atoms with Crippen LogP contribution in [0, 0.1) is 29.1 Å². The van der Waals surface area contributed by atoms with E-state index in [4.69, 9.17) is 10.2 Å². The smallest absolute Gasteiger partial charge is 0.308 e. The molecule has 4 unspecified atom stereocenters. The quantitative estimate of drug-likeness (QED) is 0.720. The summed E-state index contributed by atoms with van der Waals surface area (Å²) < 4.78 is 0. The topological polar surface area (TPSA) is 91.7 Å². The van der Waals surface area contributed by atoms with Gasteiger partial charge in [0.15, 0.2) is 0 Å². The Balaban J connectivity index is 2.49. The molecule has 0 heterocycles. The largest absolute Gasteiger partial charge is 0.481 e. The van der Waals surface area contributed by atoms with Gasteiger partial charge in [-0.1, -0.05) is 13.8 Å². The number of hydrogen-bond donors (Lipinski definition) is 2. The first-order valence-corrected chi connectivity index (χ1v) is 5.26. The summed E-state index contributed by atoms with van der Waals surface area (Å²) in [6.45, 7) is 3.60. The van der Waals surface area contributed by atoms with Crippen molar-refractivity contribution in [2.24, 2.45) is 29.1 Å². The van der Waals surface area contributed by atoms with E-state index in [0.717, 1.165) is 0 Å². The van der Waals surface area contributed by atoms with Crippen LogP contribution in [-0.2, 0) is 14.4 Å². The second-order valence-corrected chi connectivity index (χ2v) is 5.30. The Kier molecular flexibility index (Phi) is 2.12. The molecule has 2 N–H and O–H groups in total. The Labute approximate surface area is 92.5 Å². The van der Waals surface area contributed by atoms with Gasteiger partial charge in [-0.05, 0) is 11.3 Å². The Morgan fingerprint density at radius 3 is 2.12 bits per heavy atom. The number of hydrogen-bond acceptors (Lipinski definition) is 3. The van der Waals surface area contributed by atoms with Gasteiger partial charge < -0.3 is 10.2 Å². The number of aliphatic carboxylic acids is 2. The van der Waals surface area contributed by atoms with Crippen LogP contribution in [0.15, 0.2) is 0 Å². The van der Waals surface area contributed by atoms with Crippen molar-refractivity contribution in [3.63, 3.8) is 0 Å². The molecule has 0 radical (unpaired) electrons. The van der Waals surface area contributed by atoms with Crippen LogP contribution >= 0.6 is 0 Å². The van der Waals surface area contributed by atoms with Gasteiger partial charge in [0, 0.05) is 12.3 Å². The first kappa shape index (κ1) is 11.1. The molecule has 0 aromatic rings. The Morgan fingerprint density at radius 1 is 1.19 bits per heavy atom. The van der Waals surface area contributed by atoms with Gasteiger partial charge >= 0.3 is 11.9 Å². The van der Waals surface area contributed by atoms with E-state index in [2.05, 4.69) is 0 Å². The third-order valence-corrected chi connectivity index (χ3v) is 4.28. The van der Waals surface area contributed by atoms with Gasteiger partial charge in [-0.3, -0.25) is 14.4 Å². The first-order valence-electron chi connectivity index (χ1n) is 5.26. The maximum Gasteiger partial charge on any atom is 0.308 e. The first-order chi connectivity index (χ1) is 7.28. The Hall–Kier alpha value is -1.39. The number of rotatable bonds is 2. The standard InChI is InChI=1S/C11H14O5/c1-11(2)4-3-5(12)8(11)7(10(15)16)6(4)9(13)14/h4,6-8H,3H2,1-2H3,(H,13,14)(H,15,16). The number of carboxylic acid groups (broad SMARTS) is 2. The highest BCUT2D eigenvalue weighted by Gasteiger charge is 2.67. The maximum absolute atomic E-state index is 11.7. The molecule has 0 aromatic heterocycles. The van der Waals surface area contributed by atoms with Crippen molar-refractivity contribution in [3.8, 4) is 0 Å². The molecule has 0 spiro atoms. The van der Waals surface area contributed by atoms with E-state index in [0.29, 0.717) is 0 Å². The van der Waals surface area contributed by atoms with Crippen molar-refractivity contribution < 1.29 is 24.6 Å². The summed E-state index contributed by atoms with van der Waals surface area (Å²) in [5, 5.41) is 18.2. The molecule has 2 bridgehead atoms. The lowest BCUT2D eigenvalue weighted by Gasteiger charge is -2.23. The minimum absolute atomic E-state index is 0.0973. The van der Waals surface area contributed by atoms with Crippen LogP contribution < -0.4 is 0 Å². The van der Waals surface area contributed by atoms with Crippen molar-refractivity contribution in [1.29, 1.82) is 0 Å². The number of fused-ring (bicyclic) bond motifs is 2. The van der Waals surface area contributed by atoms with Crippen molar-refractivity contribution in [2.45, 2.75) is 20.3 Å². The number of Topliss-reactive ketones (excluding diaryl/α,β-unsaturated/α-hetero) is 1. The van der Waals surface area contributed by atoms with Gasteiger partial charge in [-0.15, -0.1) is 0 Å². The maximum atomic E-state index is 11.7. The van der Waals surface area contributed by atoms with Crippen molar-refractivity contribution in [1.82, 2.24) is 0 Å². The molecule has 0 amide bonds. The molecule has 2 saturated carbocycles. The zero-order valence-corrected chi connectivity index (χ0v) is 9.14. The molecule has 2 fully saturated rings. The second kappa shape index (κ2) is 3.06. The van der Waals surface area contributed by atoms with Crippen molar-refractivity contribution >= 4 is 17.7 Å². The number of carbonyl (C=O) groups is 3. The van der Waals surface area contributed by atoms with Crippen molar-refractivity contribution in [3.05, 3.63) is 0 Å². The molecular weight excluding hydrogens is 212 g/mol. The molecule has 16 heavy (non-hydrogen) atoms. The predicted molar refractivity (Wildman–Crippen MR) is 52.6 cm³/mol. The van der Waals surface area contributed by atoms with Gasteiger partial charge in [-0.25, -0.2) is 0 Å². The molecule has 5 heteroatoms. The Morgan fingerprint density at radius 2 is 1.69 bits per heavy atom. The summed E-state index contributed by atoms with van der Waals surface area (Å²) in [6.07, 6.45) is 0.207. The summed E-state index contributed by atoms with van der Waals surface area (Å²) in [5.74, 6) is -5.32. The van der Waals surface area contributed by atoms with Crippen LogP contribution in [0.4, 0.5) is 0 Å². The molecule has 5 nitrogen and oxygen atoms in total. The molecule has 0 aliphatic heterocycles. The fourth-order valence-corrected chi connectivity index (χ4v) is 3.58. The molecule has 2 aliphatic carbocycles. The zero-order chi connectivity index (χ0) is 12.2. The number of ketones is 1. The van der Waals surface area contributed by atoms with E-state index in [9.17, 15) is 14.4 Å². The fraction of sp³-hybridized carbons (Fsp3) is 0.727. The average molecular weight is 226 g/mol. The minimum atomic E-state index is -1.17. The van der Waals surface area contributed by atoms with Gasteiger partial charge in [0.2, 0.25) is 0 Å². The molecular formula is C11H14O5. The molecule has 0 aromatic carbocycles. The molecule has 2 rings (SSSR count). The second-order valence-electron chi connectivity index (χ2n) is 5.30. The van der Waals surface area contributed by atoms with Crippen LogP contribution in [0.5, 0.6) is 0 Å². The monoisotopic (exact) mass is 226 g/mol. The summed E-state index contributed by atoms with van der Waals surface area (Å²) in [6, 6.07) is 0. The lowest BCUT2D eigenvalue weighted by Crippen LogP contribution is -2.38. The summed E-state index contributed by atoms with van der Waals surface area (Å²) in [4.78, 5) is 33.9. The Bertz CT molecular complexity index is 384. The van der Waals surface area contributed by atoms with E-state index >= 15 is 0 Å². The van der Waals surface area contributed by atoms with Crippen LogP contribution in [0.25, 0.3) is 0 Å². The third-order valence-electron chi connectivity index (χ3n) is 4.28. The zero-order valence-electron chi connectivity index (χ0n) is 9.14. The van der Waals surface area contributed by atoms with E-state index in [1.54, 1.807) is 13.8 Å². The number of carbonyl (C=O) groups excluding carboxylic acids is 1. The van der Waals surface area contributed by atoms with Gasteiger partial charge in [0.05, 0.1) is 11.8 Å². The van der Waals surface area contributed by atoms with Gasteiger partial charge in [0.1, 0.15) is 5.78 Å². The van der Waals surface area contributed by atoms with Crippen LogP contribution in [-0.4, -0.2) is 27.9 Å². The highest BCUT2D eigenvalue weighted by Crippen LogP contribution is 2.61. The van der Waals surface area contributed by atoms with E-state index < -0.39 is 35.1 Å². The fourth-order valence-electron chi connectivity index (χ4n) is 3.58. The molecule has 88 valence electrons. The summed E-state index contributed by atoms with van der Waals surface area (Å²) in [5.41, 5.74) is -0.511. The van der Waals surface area contributed by atoms with Crippen molar-refractivity contribution in [2.75, 3.05) is 0 Å². The minimum Gasteiger partial charge on any atom is -0.481 e. The van der Waals surface area contributed by atoms with E-state index in [1.807, 2.05) is 0 Å². The van der Waals surface area contributed by atoms with Gasteiger partial charge in [-0.2, -0.15) is 0 Å². The molecule has 2 aliphatic rings.